The Morgan fingerprint density at radius 2 is 1.88 bits per heavy atom. The highest BCUT2D eigenvalue weighted by molar-refractivity contribution is 6.31. The number of amides is 1. The molecule has 25 heavy (non-hydrogen) atoms. The molecule has 1 aromatic carbocycles. The second-order valence-electron chi connectivity index (χ2n) is 7.81. The highest BCUT2D eigenvalue weighted by Crippen LogP contribution is 2.32. The molecule has 0 bridgehead atoms. The average molecular weight is 364 g/mol. The van der Waals surface area contributed by atoms with Crippen molar-refractivity contribution in [2.24, 2.45) is 11.8 Å². The van der Waals surface area contributed by atoms with Gasteiger partial charge < -0.3 is 10.2 Å². The van der Waals surface area contributed by atoms with Crippen LogP contribution < -0.4 is 5.32 Å². The van der Waals surface area contributed by atoms with Crippen LogP contribution in [-0.4, -0.2) is 55.0 Å². The molecule has 0 aromatic heterocycles. The summed E-state index contributed by atoms with van der Waals surface area (Å²) in [6.07, 6.45) is 3.83. The van der Waals surface area contributed by atoms with E-state index in [2.05, 4.69) is 22.2 Å². The van der Waals surface area contributed by atoms with Gasteiger partial charge in [-0.2, -0.15) is 0 Å². The first-order valence-electron chi connectivity index (χ1n) is 9.43. The van der Waals surface area contributed by atoms with Crippen molar-refractivity contribution in [3.05, 3.63) is 28.8 Å². The largest absolute Gasteiger partial charge is 0.324 e. The van der Waals surface area contributed by atoms with Crippen LogP contribution in [0.2, 0.25) is 5.02 Å². The fraction of sp³-hybridized carbons (Fsp3) is 0.650. The van der Waals surface area contributed by atoms with Gasteiger partial charge in [0.2, 0.25) is 5.91 Å². The fourth-order valence-corrected chi connectivity index (χ4v) is 4.36. The lowest BCUT2D eigenvalue weighted by molar-refractivity contribution is -0.120. The van der Waals surface area contributed by atoms with Crippen molar-refractivity contribution in [3.63, 3.8) is 0 Å². The van der Waals surface area contributed by atoms with Crippen LogP contribution in [0.25, 0.3) is 0 Å². The number of halogens is 1. The molecule has 2 atom stereocenters. The minimum Gasteiger partial charge on any atom is -0.324 e. The fourth-order valence-electron chi connectivity index (χ4n) is 4.18. The lowest BCUT2D eigenvalue weighted by atomic mass is 9.84. The Labute approximate surface area is 156 Å². The monoisotopic (exact) mass is 363 g/mol. The molecule has 0 radical (unpaired) electrons. The van der Waals surface area contributed by atoms with Crippen molar-refractivity contribution in [1.82, 2.24) is 9.80 Å². The molecular formula is C20H30ClN3O. The molecule has 2 fully saturated rings. The number of nitrogens with zero attached hydrogens (tertiary/aromatic N) is 2. The maximum absolute atomic E-state index is 12.7. The Morgan fingerprint density at radius 1 is 1.20 bits per heavy atom. The minimum atomic E-state index is -0.102. The lowest BCUT2D eigenvalue weighted by Crippen LogP contribution is -2.41. The predicted molar refractivity (Wildman–Crippen MR) is 104 cm³/mol. The molecular weight excluding hydrogens is 334 g/mol. The Kier molecular flexibility index (Phi) is 6.03. The molecule has 0 aliphatic carbocycles. The normalized spacial score (nSPS) is 24.4. The standard InChI is InChI=1S/C20H30ClN3O/c1-14-4-5-18(21)12-19(14)22-20(25)15(2)24-11-8-17(13-24)16-6-9-23(3)10-7-16/h4-5,12,15-17H,6-11,13H2,1-3H3,(H,22,25). The zero-order valence-electron chi connectivity index (χ0n) is 15.6. The molecule has 0 saturated carbocycles. The third-order valence-electron chi connectivity index (χ3n) is 6.07. The molecule has 1 aromatic rings. The van der Waals surface area contributed by atoms with E-state index in [0.717, 1.165) is 36.2 Å². The van der Waals surface area contributed by atoms with Crippen LogP contribution in [0.3, 0.4) is 0 Å². The molecule has 4 nitrogen and oxygen atoms in total. The SMILES string of the molecule is Cc1ccc(Cl)cc1NC(=O)C(C)N1CCC(C2CCN(C)CC2)C1. The highest BCUT2D eigenvalue weighted by atomic mass is 35.5. The Hall–Kier alpha value is -1.10. The quantitative estimate of drug-likeness (QED) is 0.887. The van der Waals surface area contributed by atoms with Gasteiger partial charge in [0.1, 0.15) is 0 Å². The van der Waals surface area contributed by atoms with E-state index in [4.69, 9.17) is 11.6 Å². The van der Waals surface area contributed by atoms with E-state index in [1.165, 1.54) is 32.4 Å². The Morgan fingerprint density at radius 3 is 2.60 bits per heavy atom. The number of anilines is 1. The Balaban J connectivity index is 1.55. The van der Waals surface area contributed by atoms with Crippen molar-refractivity contribution in [2.75, 3.05) is 38.5 Å². The number of rotatable bonds is 4. The first-order valence-corrected chi connectivity index (χ1v) is 9.81. The topological polar surface area (TPSA) is 35.6 Å². The molecule has 1 amide bonds. The van der Waals surface area contributed by atoms with Crippen LogP contribution in [-0.2, 0) is 4.79 Å². The van der Waals surface area contributed by atoms with Crippen molar-refractivity contribution >= 4 is 23.2 Å². The molecule has 1 N–H and O–H groups in total. The Bertz CT molecular complexity index is 613. The first-order chi connectivity index (χ1) is 11.9. The number of aryl methyl sites for hydroxylation is 1. The van der Waals surface area contributed by atoms with E-state index in [-0.39, 0.29) is 11.9 Å². The number of hydrogen-bond acceptors (Lipinski definition) is 3. The van der Waals surface area contributed by atoms with Crippen LogP contribution in [0.15, 0.2) is 18.2 Å². The van der Waals surface area contributed by atoms with E-state index in [1.807, 2.05) is 32.0 Å². The molecule has 2 aliphatic rings. The molecule has 2 aliphatic heterocycles. The van der Waals surface area contributed by atoms with Crippen LogP contribution in [0.4, 0.5) is 5.69 Å². The van der Waals surface area contributed by atoms with Crippen LogP contribution in [0.1, 0.15) is 31.7 Å². The summed E-state index contributed by atoms with van der Waals surface area (Å²) in [6, 6.07) is 5.51. The van der Waals surface area contributed by atoms with Gasteiger partial charge in [0.25, 0.3) is 0 Å². The van der Waals surface area contributed by atoms with Gasteiger partial charge in [-0.15, -0.1) is 0 Å². The third-order valence-corrected chi connectivity index (χ3v) is 6.31. The average Bonchev–Trinajstić information content (AvgIpc) is 3.08. The van der Waals surface area contributed by atoms with Crippen LogP contribution in [0.5, 0.6) is 0 Å². The predicted octanol–water partition coefficient (Wildman–Crippen LogP) is 3.64. The van der Waals surface area contributed by atoms with Gasteiger partial charge in [0.15, 0.2) is 0 Å². The molecule has 3 rings (SSSR count). The maximum atomic E-state index is 12.7. The lowest BCUT2D eigenvalue weighted by Gasteiger charge is -2.33. The van der Waals surface area contributed by atoms with E-state index in [0.29, 0.717) is 5.02 Å². The minimum absolute atomic E-state index is 0.0643. The van der Waals surface area contributed by atoms with E-state index < -0.39 is 0 Å². The van der Waals surface area contributed by atoms with Gasteiger partial charge in [-0.05, 0) is 89.3 Å². The molecule has 0 spiro atoms. The van der Waals surface area contributed by atoms with Gasteiger partial charge in [-0.3, -0.25) is 9.69 Å². The van der Waals surface area contributed by atoms with Gasteiger partial charge >= 0.3 is 0 Å². The molecule has 2 saturated heterocycles. The molecule has 138 valence electrons. The van der Waals surface area contributed by atoms with Gasteiger partial charge in [-0.25, -0.2) is 0 Å². The van der Waals surface area contributed by atoms with Crippen LogP contribution in [0, 0.1) is 18.8 Å². The number of nitrogens with one attached hydrogen (secondary N) is 1. The van der Waals surface area contributed by atoms with Crippen molar-refractivity contribution in [3.8, 4) is 0 Å². The van der Waals surface area contributed by atoms with E-state index in [9.17, 15) is 4.79 Å². The smallest absolute Gasteiger partial charge is 0.241 e. The summed E-state index contributed by atoms with van der Waals surface area (Å²) >= 11 is 6.06. The maximum Gasteiger partial charge on any atom is 0.241 e. The second-order valence-corrected chi connectivity index (χ2v) is 8.25. The zero-order chi connectivity index (χ0) is 18.0. The van der Waals surface area contributed by atoms with E-state index >= 15 is 0 Å². The molecule has 2 heterocycles. The summed E-state index contributed by atoms with van der Waals surface area (Å²) in [5, 5.41) is 3.71. The molecule has 2 unspecified atom stereocenters. The highest BCUT2D eigenvalue weighted by Gasteiger charge is 2.34. The number of likely N-dealkylation sites (tertiary alicyclic amines) is 2. The number of benzene rings is 1. The van der Waals surface area contributed by atoms with Gasteiger partial charge in [0, 0.05) is 17.3 Å². The number of hydrogen-bond donors (Lipinski definition) is 1. The van der Waals surface area contributed by atoms with E-state index in [1.54, 1.807) is 0 Å². The van der Waals surface area contributed by atoms with Gasteiger partial charge in [0.05, 0.1) is 6.04 Å². The summed E-state index contributed by atoms with van der Waals surface area (Å²) in [6.45, 7) is 8.52. The van der Waals surface area contributed by atoms with Crippen molar-refractivity contribution in [2.45, 2.75) is 39.2 Å². The summed E-state index contributed by atoms with van der Waals surface area (Å²) in [4.78, 5) is 17.5. The van der Waals surface area contributed by atoms with Crippen molar-refractivity contribution in [1.29, 1.82) is 0 Å². The first kappa shape index (κ1) is 18.7. The summed E-state index contributed by atoms with van der Waals surface area (Å²) in [5.74, 6) is 1.64. The van der Waals surface area contributed by atoms with Crippen LogP contribution >= 0.6 is 11.6 Å². The third kappa shape index (κ3) is 4.55. The second kappa shape index (κ2) is 8.07. The van der Waals surface area contributed by atoms with Crippen molar-refractivity contribution < 1.29 is 4.79 Å². The van der Waals surface area contributed by atoms with Gasteiger partial charge in [-0.1, -0.05) is 17.7 Å². The number of carbonyl (C=O) groups is 1. The zero-order valence-corrected chi connectivity index (χ0v) is 16.4. The summed E-state index contributed by atoms with van der Waals surface area (Å²) in [7, 11) is 2.21. The molecule has 5 heteroatoms. The number of carbonyl (C=O) groups excluding carboxylic acids is 1. The summed E-state index contributed by atoms with van der Waals surface area (Å²) in [5.41, 5.74) is 1.85. The summed E-state index contributed by atoms with van der Waals surface area (Å²) < 4.78 is 0. The number of piperidine rings is 1.